The van der Waals surface area contributed by atoms with Crippen LogP contribution in [-0.2, 0) is 21.4 Å². The van der Waals surface area contributed by atoms with Gasteiger partial charge in [0.1, 0.15) is 0 Å². The SMILES string of the molecule is C[C@@H]1CC(=O)Nc2cc(S(=O)(=O)NCc3cccnc3)ccc2S1. The van der Waals surface area contributed by atoms with Crippen molar-refractivity contribution in [1.82, 2.24) is 9.71 Å². The summed E-state index contributed by atoms with van der Waals surface area (Å²) in [5.74, 6) is -0.105. The minimum atomic E-state index is -3.67. The van der Waals surface area contributed by atoms with Crippen LogP contribution in [0.2, 0.25) is 0 Å². The molecule has 0 saturated carbocycles. The molecule has 3 rings (SSSR count). The Labute approximate surface area is 145 Å². The molecule has 1 aliphatic heterocycles. The third-order valence-corrected chi connectivity index (χ3v) is 6.10. The lowest BCUT2D eigenvalue weighted by Gasteiger charge is -2.11. The number of sulfonamides is 1. The van der Waals surface area contributed by atoms with Gasteiger partial charge in [-0.25, -0.2) is 13.1 Å². The van der Waals surface area contributed by atoms with E-state index in [2.05, 4.69) is 15.0 Å². The molecule has 6 nitrogen and oxygen atoms in total. The molecule has 2 aromatic rings. The minimum Gasteiger partial charge on any atom is -0.325 e. The highest BCUT2D eigenvalue weighted by molar-refractivity contribution is 8.00. The van der Waals surface area contributed by atoms with E-state index in [4.69, 9.17) is 0 Å². The van der Waals surface area contributed by atoms with Crippen LogP contribution < -0.4 is 10.0 Å². The number of fused-ring (bicyclic) bond motifs is 1. The number of pyridine rings is 1. The van der Waals surface area contributed by atoms with Crippen LogP contribution in [0.15, 0.2) is 52.5 Å². The summed E-state index contributed by atoms with van der Waals surface area (Å²) in [7, 11) is -3.67. The molecular formula is C16H17N3O3S2. The summed E-state index contributed by atoms with van der Waals surface area (Å²) in [6.45, 7) is 2.13. The van der Waals surface area contributed by atoms with Crippen LogP contribution in [-0.4, -0.2) is 24.6 Å². The van der Waals surface area contributed by atoms with Crippen molar-refractivity contribution >= 4 is 33.4 Å². The molecule has 1 aromatic heterocycles. The summed E-state index contributed by atoms with van der Waals surface area (Å²) >= 11 is 1.56. The number of hydrogen-bond acceptors (Lipinski definition) is 5. The van der Waals surface area contributed by atoms with Gasteiger partial charge in [-0.15, -0.1) is 11.8 Å². The zero-order valence-corrected chi connectivity index (χ0v) is 14.7. The van der Waals surface area contributed by atoms with E-state index in [0.29, 0.717) is 12.1 Å². The van der Waals surface area contributed by atoms with Crippen molar-refractivity contribution in [3.05, 3.63) is 48.3 Å². The molecule has 0 fully saturated rings. The molecule has 2 heterocycles. The van der Waals surface area contributed by atoms with E-state index in [1.54, 1.807) is 48.4 Å². The summed E-state index contributed by atoms with van der Waals surface area (Å²) in [5.41, 5.74) is 1.31. The van der Waals surface area contributed by atoms with Crippen LogP contribution >= 0.6 is 11.8 Å². The molecule has 0 aliphatic carbocycles. The maximum atomic E-state index is 12.5. The Hall–Kier alpha value is -1.90. The van der Waals surface area contributed by atoms with Crippen molar-refractivity contribution in [2.45, 2.75) is 34.9 Å². The fraction of sp³-hybridized carbons (Fsp3) is 0.250. The van der Waals surface area contributed by atoms with Crippen molar-refractivity contribution in [2.24, 2.45) is 0 Å². The molecule has 1 amide bonds. The predicted octanol–water partition coefficient (Wildman–Crippen LogP) is 2.38. The van der Waals surface area contributed by atoms with Gasteiger partial charge in [0, 0.05) is 35.5 Å². The van der Waals surface area contributed by atoms with Gasteiger partial charge in [0.05, 0.1) is 10.6 Å². The Morgan fingerprint density at radius 3 is 2.96 bits per heavy atom. The molecule has 0 bridgehead atoms. The van der Waals surface area contributed by atoms with Crippen LogP contribution in [0.5, 0.6) is 0 Å². The van der Waals surface area contributed by atoms with E-state index >= 15 is 0 Å². The van der Waals surface area contributed by atoms with Crippen LogP contribution in [0.4, 0.5) is 5.69 Å². The van der Waals surface area contributed by atoms with E-state index in [1.165, 1.54) is 6.07 Å². The van der Waals surface area contributed by atoms with Gasteiger partial charge in [0.2, 0.25) is 15.9 Å². The first-order valence-electron chi connectivity index (χ1n) is 7.43. The predicted molar refractivity (Wildman–Crippen MR) is 93.3 cm³/mol. The number of carbonyl (C=O) groups excluding carboxylic acids is 1. The Morgan fingerprint density at radius 1 is 1.38 bits per heavy atom. The highest BCUT2D eigenvalue weighted by Gasteiger charge is 2.22. The monoisotopic (exact) mass is 363 g/mol. The average molecular weight is 363 g/mol. The Kier molecular flexibility index (Phi) is 4.88. The molecule has 0 spiro atoms. The summed E-state index contributed by atoms with van der Waals surface area (Å²) in [4.78, 5) is 16.8. The van der Waals surface area contributed by atoms with E-state index in [9.17, 15) is 13.2 Å². The smallest absolute Gasteiger partial charge is 0.240 e. The summed E-state index contributed by atoms with van der Waals surface area (Å²) in [6, 6.07) is 8.34. The lowest BCUT2D eigenvalue weighted by atomic mass is 10.3. The fourth-order valence-electron chi connectivity index (χ4n) is 2.36. The maximum Gasteiger partial charge on any atom is 0.240 e. The van der Waals surface area contributed by atoms with Crippen molar-refractivity contribution in [1.29, 1.82) is 0 Å². The lowest BCUT2D eigenvalue weighted by Crippen LogP contribution is -2.23. The van der Waals surface area contributed by atoms with E-state index in [0.717, 1.165) is 10.5 Å². The quantitative estimate of drug-likeness (QED) is 0.871. The first-order valence-corrected chi connectivity index (χ1v) is 9.79. The van der Waals surface area contributed by atoms with E-state index < -0.39 is 10.0 Å². The molecule has 0 unspecified atom stereocenters. The lowest BCUT2D eigenvalue weighted by molar-refractivity contribution is -0.116. The number of nitrogens with zero attached hydrogens (tertiary/aromatic N) is 1. The number of hydrogen-bond donors (Lipinski definition) is 2. The molecule has 2 N–H and O–H groups in total. The first kappa shape index (κ1) is 16.9. The molecular weight excluding hydrogens is 346 g/mol. The number of anilines is 1. The number of thioether (sulfide) groups is 1. The highest BCUT2D eigenvalue weighted by Crippen LogP contribution is 2.36. The summed E-state index contributed by atoms with van der Waals surface area (Å²) < 4.78 is 27.5. The second-order valence-corrected chi connectivity index (χ2v) is 8.77. The highest BCUT2D eigenvalue weighted by atomic mass is 32.2. The van der Waals surface area contributed by atoms with Crippen LogP contribution in [0.1, 0.15) is 18.9 Å². The normalized spacial score (nSPS) is 17.7. The number of aromatic nitrogens is 1. The topological polar surface area (TPSA) is 88.2 Å². The molecule has 1 atom stereocenters. The van der Waals surface area contributed by atoms with Crippen molar-refractivity contribution in [3.8, 4) is 0 Å². The molecule has 8 heteroatoms. The van der Waals surface area contributed by atoms with Gasteiger partial charge in [0.15, 0.2) is 0 Å². The molecule has 1 aromatic carbocycles. The standard InChI is InChI=1S/C16H17N3O3S2/c1-11-7-16(20)19-14-8-13(4-5-15(14)23-11)24(21,22)18-10-12-3-2-6-17-9-12/h2-6,8-9,11,18H,7,10H2,1H3,(H,19,20)/t11-/m1/s1. The largest absolute Gasteiger partial charge is 0.325 e. The van der Waals surface area contributed by atoms with Crippen LogP contribution in [0.25, 0.3) is 0 Å². The molecule has 0 radical (unpaired) electrons. The zero-order chi connectivity index (χ0) is 17.2. The summed E-state index contributed by atoms with van der Waals surface area (Å²) in [6.07, 6.45) is 3.64. The van der Waals surface area contributed by atoms with Gasteiger partial charge >= 0.3 is 0 Å². The second-order valence-electron chi connectivity index (χ2n) is 5.52. The van der Waals surface area contributed by atoms with Gasteiger partial charge in [0.25, 0.3) is 0 Å². The average Bonchev–Trinajstić information content (AvgIpc) is 2.69. The Morgan fingerprint density at radius 2 is 2.21 bits per heavy atom. The first-order chi connectivity index (χ1) is 11.4. The fourth-order valence-corrected chi connectivity index (χ4v) is 4.46. The van der Waals surface area contributed by atoms with Gasteiger partial charge in [-0.1, -0.05) is 13.0 Å². The maximum absolute atomic E-state index is 12.5. The van der Waals surface area contributed by atoms with Gasteiger partial charge < -0.3 is 5.32 Å². The van der Waals surface area contributed by atoms with Crippen LogP contribution in [0.3, 0.4) is 0 Å². The van der Waals surface area contributed by atoms with E-state index in [1.807, 2.05) is 6.92 Å². The number of nitrogens with one attached hydrogen (secondary N) is 2. The Balaban J connectivity index is 1.82. The number of amides is 1. The third-order valence-electron chi connectivity index (χ3n) is 3.53. The van der Waals surface area contributed by atoms with E-state index in [-0.39, 0.29) is 22.6 Å². The van der Waals surface area contributed by atoms with Gasteiger partial charge in [-0.05, 0) is 29.8 Å². The molecule has 24 heavy (non-hydrogen) atoms. The van der Waals surface area contributed by atoms with Gasteiger partial charge in [-0.2, -0.15) is 0 Å². The molecule has 1 aliphatic rings. The van der Waals surface area contributed by atoms with Gasteiger partial charge in [-0.3, -0.25) is 9.78 Å². The van der Waals surface area contributed by atoms with Crippen molar-refractivity contribution in [2.75, 3.05) is 5.32 Å². The van der Waals surface area contributed by atoms with Crippen molar-refractivity contribution in [3.63, 3.8) is 0 Å². The van der Waals surface area contributed by atoms with Crippen LogP contribution in [0, 0.1) is 0 Å². The Bertz CT molecular complexity index is 854. The third kappa shape index (κ3) is 3.95. The summed E-state index contributed by atoms with van der Waals surface area (Å²) in [5, 5.41) is 2.93. The number of rotatable bonds is 4. The number of carbonyl (C=O) groups is 1. The zero-order valence-electron chi connectivity index (χ0n) is 13.0. The second kappa shape index (κ2) is 6.92. The minimum absolute atomic E-state index is 0.105. The number of benzene rings is 1. The molecule has 0 saturated heterocycles. The molecule has 126 valence electrons. The van der Waals surface area contributed by atoms with Crippen molar-refractivity contribution < 1.29 is 13.2 Å².